The highest BCUT2D eigenvalue weighted by Crippen LogP contribution is 2.44. The molecule has 0 fully saturated rings. The summed E-state index contributed by atoms with van der Waals surface area (Å²) in [7, 11) is 0. The number of pyridine rings is 1. The van der Waals surface area contributed by atoms with E-state index in [1.54, 1.807) is 0 Å². The van der Waals surface area contributed by atoms with Crippen molar-refractivity contribution < 1.29 is 0 Å². The molecule has 0 spiro atoms. The van der Waals surface area contributed by atoms with E-state index in [0.29, 0.717) is 5.82 Å². The molecule has 11 aromatic rings. The van der Waals surface area contributed by atoms with Gasteiger partial charge in [-0.15, -0.1) is 22.7 Å². The Kier molecular flexibility index (Phi) is 6.59. The number of benzene rings is 7. The van der Waals surface area contributed by atoms with Gasteiger partial charge >= 0.3 is 0 Å². The fraction of sp³-hybridized carbons (Fsp3) is 0. The van der Waals surface area contributed by atoms with Gasteiger partial charge in [-0.3, -0.25) is 0 Å². The van der Waals surface area contributed by atoms with E-state index in [2.05, 4.69) is 158 Å². The lowest BCUT2D eigenvalue weighted by molar-refractivity contribution is 1.18. The van der Waals surface area contributed by atoms with Gasteiger partial charge in [0.1, 0.15) is 0 Å². The summed E-state index contributed by atoms with van der Waals surface area (Å²) in [5.41, 5.74) is 7.94. The number of nitrogens with zero attached hydrogens (tertiary/aromatic N) is 3. The molecule has 5 heteroatoms. The molecule has 3 nitrogen and oxygen atoms in total. The van der Waals surface area contributed by atoms with Crippen LogP contribution in [0.4, 0.5) is 0 Å². The molecule has 0 radical (unpaired) electrons. The van der Waals surface area contributed by atoms with Gasteiger partial charge in [0.05, 0.1) is 22.6 Å². The first-order valence-electron chi connectivity index (χ1n) is 17.3. The van der Waals surface area contributed by atoms with Gasteiger partial charge in [-0.25, -0.2) is 15.0 Å². The molecular weight excluding hydrogens is 671 g/mol. The van der Waals surface area contributed by atoms with Crippen molar-refractivity contribution >= 4 is 84.7 Å². The summed E-state index contributed by atoms with van der Waals surface area (Å²) >= 11 is 3.67. The van der Waals surface area contributed by atoms with E-state index >= 15 is 0 Å². The molecule has 4 heterocycles. The van der Waals surface area contributed by atoms with Crippen LogP contribution in [0, 0.1) is 0 Å². The molecule has 0 bridgehead atoms. The molecule has 0 aliphatic carbocycles. The van der Waals surface area contributed by atoms with E-state index in [-0.39, 0.29) is 0 Å². The summed E-state index contributed by atoms with van der Waals surface area (Å²) in [6.07, 6.45) is 0. The normalized spacial score (nSPS) is 11.8. The van der Waals surface area contributed by atoms with E-state index in [1.807, 2.05) is 28.7 Å². The Balaban J connectivity index is 1.18. The third-order valence-electron chi connectivity index (χ3n) is 10.1. The largest absolute Gasteiger partial charge is 0.247 e. The smallest absolute Gasteiger partial charge is 0.160 e. The summed E-state index contributed by atoms with van der Waals surface area (Å²) < 4.78 is 5.10. The minimum absolute atomic E-state index is 0.692. The number of hydrogen-bond donors (Lipinski definition) is 0. The maximum Gasteiger partial charge on any atom is 0.160 e. The van der Waals surface area contributed by atoms with E-state index in [0.717, 1.165) is 55.6 Å². The van der Waals surface area contributed by atoms with Crippen LogP contribution in [0.5, 0.6) is 0 Å². The van der Waals surface area contributed by atoms with Crippen molar-refractivity contribution in [1.29, 1.82) is 0 Å². The molecule has 0 saturated heterocycles. The van der Waals surface area contributed by atoms with Gasteiger partial charge in [0.2, 0.25) is 0 Å². The topological polar surface area (TPSA) is 38.7 Å². The van der Waals surface area contributed by atoms with E-state index in [9.17, 15) is 0 Å². The highest BCUT2D eigenvalue weighted by molar-refractivity contribution is 7.26. The minimum atomic E-state index is 0.692. The molecular formula is C47H27N3S2. The number of aromatic nitrogens is 3. The maximum absolute atomic E-state index is 5.32. The summed E-state index contributed by atoms with van der Waals surface area (Å²) in [4.78, 5) is 15.8. The van der Waals surface area contributed by atoms with Crippen LogP contribution in [0.3, 0.4) is 0 Å². The first kappa shape index (κ1) is 29.5. The fourth-order valence-corrected chi connectivity index (χ4v) is 9.89. The number of thiophene rings is 2. The van der Waals surface area contributed by atoms with Crippen molar-refractivity contribution in [2.75, 3.05) is 0 Å². The molecule has 0 aliphatic rings. The van der Waals surface area contributed by atoms with Crippen LogP contribution in [0.25, 0.3) is 107 Å². The van der Waals surface area contributed by atoms with Crippen molar-refractivity contribution in [3.05, 3.63) is 164 Å². The Morgan fingerprint density at radius 2 is 0.942 bits per heavy atom. The summed E-state index contributed by atoms with van der Waals surface area (Å²) in [6.45, 7) is 0. The SMILES string of the molecule is c1ccc(-c2cc(-c3ccc4c(c3)sc3ccccc34)nc(-c3ccc4nc(-c5ccccc5)c5ccc6sc7ccccc7c6c5c4c3)n2)cc1. The second kappa shape index (κ2) is 11.6. The standard InChI is InChI=1S/C47H27N3S2/c1-3-11-28(12-4-1)38-27-39(30-19-21-33-32-15-7-9-17-40(32)52-43(33)26-30)50-47(49-38)31-20-23-37-36(25-31)44-35(46(48-37)29-13-5-2-6-14-29)22-24-42-45(44)34-16-8-10-18-41(34)51-42/h1-27H. The lowest BCUT2D eigenvalue weighted by Crippen LogP contribution is -1.97. The third-order valence-corrected chi connectivity index (χ3v) is 12.3. The zero-order valence-electron chi connectivity index (χ0n) is 27.7. The first-order chi connectivity index (χ1) is 25.7. The van der Waals surface area contributed by atoms with Gasteiger partial charge in [-0.05, 0) is 48.5 Å². The monoisotopic (exact) mass is 697 g/mol. The minimum Gasteiger partial charge on any atom is -0.247 e. The Morgan fingerprint density at radius 3 is 1.75 bits per heavy atom. The molecule has 11 rings (SSSR count). The molecule has 0 unspecified atom stereocenters. The van der Waals surface area contributed by atoms with E-state index < -0.39 is 0 Å². The molecule has 0 atom stereocenters. The Hall–Kier alpha value is -6.27. The van der Waals surface area contributed by atoms with Crippen molar-refractivity contribution in [2.45, 2.75) is 0 Å². The van der Waals surface area contributed by atoms with Crippen LogP contribution in [0.15, 0.2) is 164 Å². The van der Waals surface area contributed by atoms with Gasteiger partial charge in [-0.1, -0.05) is 115 Å². The predicted molar refractivity (Wildman–Crippen MR) is 222 cm³/mol. The zero-order chi connectivity index (χ0) is 34.2. The molecule has 4 aromatic heterocycles. The lowest BCUT2D eigenvalue weighted by atomic mass is 9.95. The molecule has 242 valence electrons. The Bertz CT molecular complexity index is 3180. The van der Waals surface area contributed by atoms with E-state index in [1.165, 1.54) is 45.7 Å². The van der Waals surface area contributed by atoms with Crippen LogP contribution in [-0.4, -0.2) is 15.0 Å². The quantitative estimate of drug-likeness (QED) is 0.172. The summed E-state index contributed by atoms with van der Waals surface area (Å²) in [5.74, 6) is 0.692. The average Bonchev–Trinajstić information content (AvgIpc) is 3.79. The Morgan fingerprint density at radius 1 is 0.327 bits per heavy atom. The molecule has 0 saturated carbocycles. The zero-order valence-corrected chi connectivity index (χ0v) is 29.4. The van der Waals surface area contributed by atoms with Crippen LogP contribution >= 0.6 is 22.7 Å². The van der Waals surface area contributed by atoms with Crippen LogP contribution in [0.2, 0.25) is 0 Å². The molecule has 52 heavy (non-hydrogen) atoms. The summed E-state index contributed by atoms with van der Waals surface area (Å²) in [5, 5.41) is 8.57. The van der Waals surface area contributed by atoms with Crippen molar-refractivity contribution in [3.8, 4) is 45.2 Å². The van der Waals surface area contributed by atoms with Crippen LogP contribution in [-0.2, 0) is 0 Å². The average molecular weight is 698 g/mol. The Labute approximate surface area is 307 Å². The highest BCUT2D eigenvalue weighted by Gasteiger charge is 2.18. The molecule has 7 aromatic carbocycles. The van der Waals surface area contributed by atoms with Gasteiger partial charge in [0.25, 0.3) is 0 Å². The molecule has 0 amide bonds. The second-order valence-electron chi connectivity index (χ2n) is 13.2. The van der Waals surface area contributed by atoms with Crippen LogP contribution < -0.4 is 0 Å². The van der Waals surface area contributed by atoms with Crippen molar-refractivity contribution in [1.82, 2.24) is 15.0 Å². The van der Waals surface area contributed by atoms with Crippen LogP contribution in [0.1, 0.15) is 0 Å². The fourth-order valence-electron chi connectivity index (χ4n) is 7.63. The second-order valence-corrected chi connectivity index (χ2v) is 15.3. The lowest BCUT2D eigenvalue weighted by Gasteiger charge is -2.14. The van der Waals surface area contributed by atoms with Gasteiger partial charge in [0, 0.05) is 78.8 Å². The third kappa shape index (κ3) is 4.67. The first-order valence-corrected chi connectivity index (χ1v) is 19.0. The number of hydrogen-bond acceptors (Lipinski definition) is 5. The highest BCUT2D eigenvalue weighted by atomic mass is 32.1. The predicted octanol–water partition coefficient (Wildman–Crippen LogP) is 13.6. The van der Waals surface area contributed by atoms with Gasteiger partial charge in [-0.2, -0.15) is 0 Å². The van der Waals surface area contributed by atoms with Crippen molar-refractivity contribution in [2.24, 2.45) is 0 Å². The molecule has 0 aliphatic heterocycles. The van der Waals surface area contributed by atoms with Gasteiger partial charge < -0.3 is 0 Å². The maximum atomic E-state index is 5.32. The molecule has 0 N–H and O–H groups in total. The van der Waals surface area contributed by atoms with Gasteiger partial charge in [0.15, 0.2) is 5.82 Å². The van der Waals surface area contributed by atoms with Crippen molar-refractivity contribution in [3.63, 3.8) is 0 Å². The summed E-state index contributed by atoms with van der Waals surface area (Å²) in [6, 6.07) is 58.2. The number of rotatable bonds is 4. The van der Waals surface area contributed by atoms with E-state index in [4.69, 9.17) is 15.0 Å². The number of fused-ring (bicyclic) bond motifs is 10.